The number of hydrogen-bond acceptors (Lipinski definition) is 5. The topological polar surface area (TPSA) is 55.0 Å². The lowest BCUT2D eigenvalue weighted by Gasteiger charge is -2.27. The lowest BCUT2D eigenvalue weighted by atomic mass is 10.1. The molecule has 3 aromatic rings. The number of alkyl halides is 1. The minimum absolute atomic E-state index is 0.520. The predicted octanol–water partition coefficient (Wildman–Crippen LogP) is 4.18. The number of anilines is 1. The third kappa shape index (κ3) is 3.50. The van der Waals surface area contributed by atoms with Crippen LogP contribution in [-0.4, -0.2) is 34.1 Å². The summed E-state index contributed by atoms with van der Waals surface area (Å²) in [7, 11) is 0. The van der Waals surface area contributed by atoms with E-state index in [0.29, 0.717) is 24.5 Å². The first-order chi connectivity index (χ1) is 12.1. The number of likely N-dealkylation sites (tertiary alicyclic amines) is 1. The molecule has 0 bridgehead atoms. The van der Waals surface area contributed by atoms with E-state index in [4.69, 9.17) is 10.7 Å². The highest BCUT2D eigenvalue weighted by atomic mass is 32.1. The molecule has 1 fully saturated rings. The highest BCUT2D eigenvalue weighted by Gasteiger charge is 2.19. The van der Waals surface area contributed by atoms with Gasteiger partial charge in [0.2, 0.25) is 0 Å². The van der Waals surface area contributed by atoms with Crippen LogP contribution in [-0.2, 0) is 6.54 Å². The summed E-state index contributed by atoms with van der Waals surface area (Å²) < 4.78 is 13.3. The third-order valence-corrected chi connectivity index (χ3v) is 5.66. The number of hydrogen-bond donors (Lipinski definition) is 1. The minimum Gasteiger partial charge on any atom is -0.383 e. The Kier molecular flexibility index (Phi) is 4.39. The summed E-state index contributed by atoms with van der Waals surface area (Å²) in [6.07, 6.45) is 0.617. The molecule has 0 spiro atoms. The van der Waals surface area contributed by atoms with Crippen molar-refractivity contribution in [2.75, 3.05) is 18.8 Å². The quantitative estimate of drug-likeness (QED) is 0.765. The van der Waals surface area contributed by atoms with Crippen LogP contribution in [0.2, 0.25) is 0 Å². The number of piperidine rings is 1. The molecule has 2 N–H and O–H groups in total. The highest BCUT2D eigenvalue weighted by Crippen LogP contribution is 2.31. The van der Waals surface area contributed by atoms with Gasteiger partial charge in [0.15, 0.2) is 5.82 Å². The Morgan fingerprint density at radius 1 is 1.24 bits per heavy atom. The van der Waals surface area contributed by atoms with E-state index in [-0.39, 0.29) is 0 Å². The summed E-state index contributed by atoms with van der Waals surface area (Å²) in [6, 6.07) is 10.2. The molecule has 1 aromatic carbocycles. The van der Waals surface area contributed by atoms with Crippen LogP contribution < -0.4 is 5.73 Å². The number of benzene rings is 1. The number of nitrogens with zero attached hydrogens (tertiary/aromatic N) is 3. The van der Waals surface area contributed by atoms with Crippen molar-refractivity contribution >= 4 is 27.4 Å². The molecule has 6 heteroatoms. The molecule has 1 aliphatic heterocycles. The van der Waals surface area contributed by atoms with Gasteiger partial charge in [0.05, 0.1) is 5.39 Å². The van der Waals surface area contributed by atoms with E-state index in [9.17, 15) is 4.39 Å². The van der Waals surface area contributed by atoms with Crippen molar-refractivity contribution in [2.24, 2.45) is 0 Å². The van der Waals surface area contributed by atoms with E-state index in [0.717, 1.165) is 35.4 Å². The molecule has 25 heavy (non-hydrogen) atoms. The van der Waals surface area contributed by atoms with Gasteiger partial charge in [-0.15, -0.1) is 11.3 Å². The van der Waals surface area contributed by atoms with Crippen molar-refractivity contribution in [3.8, 4) is 11.4 Å². The fourth-order valence-electron chi connectivity index (χ4n) is 3.26. The maximum Gasteiger partial charge on any atom is 0.163 e. The fraction of sp³-hybridized carbons (Fsp3) is 0.368. The summed E-state index contributed by atoms with van der Waals surface area (Å²) >= 11 is 1.65. The zero-order valence-electron chi connectivity index (χ0n) is 14.2. The minimum atomic E-state index is -0.642. The van der Waals surface area contributed by atoms with Gasteiger partial charge in [0.1, 0.15) is 16.8 Å². The van der Waals surface area contributed by atoms with Gasteiger partial charge in [-0.1, -0.05) is 23.8 Å². The van der Waals surface area contributed by atoms with Gasteiger partial charge in [-0.3, -0.25) is 4.90 Å². The second kappa shape index (κ2) is 6.69. The Balaban J connectivity index is 1.63. The molecule has 0 unspecified atom stereocenters. The predicted molar refractivity (Wildman–Crippen MR) is 101 cm³/mol. The highest BCUT2D eigenvalue weighted by molar-refractivity contribution is 7.18. The van der Waals surface area contributed by atoms with Gasteiger partial charge >= 0.3 is 0 Å². The molecule has 0 radical (unpaired) electrons. The molecule has 0 atom stereocenters. The molecule has 0 aliphatic carbocycles. The summed E-state index contributed by atoms with van der Waals surface area (Å²) in [5.74, 6) is 1.19. The molecular formula is C19H21FN4S. The Hall–Kier alpha value is -2.05. The first-order valence-electron chi connectivity index (χ1n) is 8.58. The number of thiophene rings is 1. The van der Waals surface area contributed by atoms with E-state index >= 15 is 0 Å². The molecule has 4 nitrogen and oxygen atoms in total. The van der Waals surface area contributed by atoms with Crippen molar-refractivity contribution in [3.63, 3.8) is 0 Å². The molecule has 3 heterocycles. The van der Waals surface area contributed by atoms with E-state index < -0.39 is 6.17 Å². The van der Waals surface area contributed by atoms with Gasteiger partial charge < -0.3 is 5.73 Å². The second-order valence-corrected chi connectivity index (χ2v) is 7.80. The summed E-state index contributed by atoms with van der Waals surface area (Å²) in [4.78, 5) is 13.6. The maximum absolute atomic E-state index is 13.3. The van der Waals surface area contributed by atoms with Crippen LogP contribution in [0.25, 0.3) is 21.6 Å². The van der Waals surface area contributed by atoms with Crippen molar-refractivity contribution in [1.82, 2.24) is 14.9 Å². The molecule has 130 valence electrons. The zero-order valence-corrected chi connectivity index (χ0v) is 15.0. The van der Waals surface area contributed by atoms with Gasteiger partial charge in [0, 0.05) is 30.1 Å². The Bertz CT molecular complexity index is 900. The van der Waals surface area contributed by atoms with Crippen LogP contribution in [0.5, 0.6) is 0 Å². The average Bonchev–Trinajstić information content (AvgIpc) is 3.00. The van der Waals surface area contributed by atoms with Crippen molar-refractivity contribution < 1.29 is 4.39 Å². The lowest BCUT2D eigenvalue weighted by molar-refractivity contribution is 0.146. The standard InChI is InChI=1S/C19H21FN4S/c1-12-3-2-4-13(9-12)18-22-17(21)16-10-15(25-19(16)23-18)11-24-7-5-14(20)6-8-24/h2-4,9-10,14H,5-8,11H2,1H3,(H2,21,22,23). The van der Waals surface area contributed by atoms with E-state index in [1.165, 1.54) is 10.4 Å². The van der Waals surface area contributed by atoms with Crippen LogP contribution >= 0.6 is 11.3 Å². The second-order valence-electron chi connectivity index (χ2n) is 6.68. The van der Waals surface area contributed by atoms with Crippen LogP contribution in [0.4, 0.5) is 10.2 Å². The van der Waals surface area contributed by atoms with Gasteiger partial charge in [-0.2, -0.15) is 0 Å². The van der Waals surface area contributed by atoms with Crippen molar-refractivity contribution in [2.45, 2.75) is 32.5 Å². The Morgan fingerprint density at radius 3 is 2.80 bits per heavy atom. The number of halogens is 1. The van der Waals surface area contributed by atoms with Gasteiger partial charge in [-0.05, 0) is 31.9 Å². The Labute approximate surface area is 150 Å². The Morgan fingerprint density at radius 2 is 2.04 bits per heavy atom. The SMILES string of the molecule is Cc1cccc(-c2nc(N)c3cc(CN4CCC(F)CC4)sc3n2)c1. The van der Waals surface area contributed by atoms with E-state index in [2.05, 4.69) is 35.0 Å². The molecule has 2 aromatic heterocycles. The lowest BCUT2D eigenvalue weighted by Crippen LogP contribution is -2.33. The van der Waals surface area contributed by atoms with E-state index in [1.54, 1.807) is 11.3 Å². The third-order valence-electron chi connectivity index (χ3n) is 4.65. The number of aromatic nitrogens is 2. The number of rotatable bonds is 3. The summed E-state index contributed by atoms with van der Waals surface area (Å²) in [6.45, 7) is 4.50. The molecule has 1 saturated heterocycles. The fourth-order valence-corrected chi connectivity index (χ4v) is 4.34. The van der Waals surface area contributed by atoms with Crippen LogP contribution in [0.15, 0.2) is 30.3 Å². The zero-order chi connectivity index (χ0) is 17.4. The smallest absolute Gasteiger partial charge is 0.163 e. The molecule has 0 saturated carbocycles. The molecule has 0 amide bonds. The number of nitrogen functional groups attached to an aromatic ring is 1. The number of fused-ring (bicyclic) bond motifs is 1. The average molecular weight is 356 g/mol. The summed E-state index contributed by atoms with van der Waals surface area (Å²) in [5.41, 5.74) is 8.34. The number of aryl methyl sites for hydroxylation is 1. The molecule has 1 aliphatic rings. The van der Waals surface area contributed by atoms with Crippen molar-refractivity contribution in [1.29, 1.82) is 0 Å². The number of nitrogens with two attached hydrogens (primary N) is 1. The first kappa shape index (κ1) is 16.4. The normalized spacial score (nSPS) is 16.6. The summed E-state index contributed by atoms with van der Waals surface area (Å²) in [5, 5.41) is 0.914. The van der Waals surface area contributed by atoms with Crippen LogP contribution in [0, 0.1) is 6.92 Å². The van der Waals surface area contributed by atoms with Gasteiger partial charge in [0.25, 0.3) is 0 Å². The molecular weight excluding hydrogens is 335 g/mol. The van der Waals surface area contributed by atoms with Crippen LogP contribution in [0.3, 0.4) is 0 Å². The largest absolute Gasteiger partial charge is 0.383 e. The van der Waals surface area contributed by atoms with E-state index in [1.807, 2.05) is 12.1 Å². The van der Waals surface area contributed by atoms with Crippen LogP contribution in [0.1, 0.15) is 23.3 Å². The van der Waals surface area contributed by atoms with Gasteiger partial charge in [-0.25, -0.2) is 14.4 Å². The monoisotopic (exact) mass is 356 g/mol. The molecule has 4 rings (SSSR count). The maximum atomic E-state index is 13.3. The first-order valence-corrected chi connectivity index (χ1v) is 9.39. The van der Waals surface area contributed by atoms with Crippen molar-refractivity contribution in [3.05, 3.63) is 40.8 Å².